The molecule has 4 aliphatic rings. The summed E-state index contributed by atoms with van der Waals surface area (Å²) in [5.74, 6) is -0.962. The Balaban J connectivity index is 1.63. The zero-order valence-corrected chi connectivity index (χ0v) is 17.8. The predicted octanol–water partition coefficient (Wildman–Crippen LogP) is 2.76. The SMILES string of the molecule is CSCCC1NC2(C(=O)Nc3c(Cl)cccc32)[C@H]2C(=O)N(C3CCCC3)C(=O)[C@@H]12. The number of likely N-dealkylation sites (tertiary alicyclic amines) is 1. The fourth-order valence-electron chi connectivity index (χ4n) is 5.83. The lowest BCUT2D eigenvalue weighted by Crippen LogP contribution is -2.54. The molecule has 5 rings (SSSR count). The van der Waals surface area contributed by atoms with Gasteiger partial charge in [0.25, 0.3) is 0 Å². The Kier molecular flexibility index (Phi) is 4.68. The monoisotopic (exact) mass is 433 g/mol. The van der Waals surface area contributed by atoms with Crippen LogP contribution in [0, 0.1) is 11.8 Å². The molecule has 1 aromatic rings. The van der Waals surface area contributed by atoms with E-state index in [1.807, 2.05) is 12.3 Å². The first-order chi connectivity index (χ1) is 14.0. The Labute approximate surface area is 179 Å². The molecule has 0 aromatic heterocycles. The average Bonchev–Trinajstić information content (AvgIpc) is 3.44. The molecule has 2 saturated heterocycles. The minimum absolute atomic E-state index is 0.0258. The second kappa shape index (κ2) is 7.00. The summed E-state index contributed by atoms with van der Waals surface area (Å²) in [6, 6.07) is 5.12. The summed E-state index contributed by atoms with van der Waals surface area (Å²) in [5, 5.41) is 6.79. The second-order valence-electron chi connectivity index (χ2n) is 8.45. The van der Waals surface area contributed by atoms with Gasteiger partial charge in [-0.2, -0.15) is 11.8 Å². The van der Waals surface area contributed by atoms with Crippen LogP contribution in [0.1, 0.15) is 37.7 Å². The summed E-state index contributed by atoms with van der Waals surface area (Å²) in [6.07, 6.45) is 6.55. The minimum Gasteiger partial charge on any atom is -0.323 e. The number of carbonyl (C=O) groups excluding carboxylic acids is 3. The van der Waals surface area contributed by atoms with Crippen molar-refractivity contribution in [3.8, 4) is 0 Å². The molecule has 1 aromatic carbocycles. The van der Waals surface area contributed by atoms with Gasteiger partial charge < -0.3 is 5.32 Å². The van der Waals surface area contributed by atoms with E-state index in [0.717, 1.165) is 37.9 Å². The number of benzene rings is 1. The number of nitrogens with one attached hydrogen (secondary N) is 2. The van der Waals surface area contributed by atoms with Crippen LogP contribution in [-0.2, 0) is 19.9 Å². The topological polar surface area (TPSA) is 78.5 Å². The Morgan fingerprint density at radius 1 is 1.21 bits per heavy atom. The molecule has 1 spiro atoms. The molecule has 3 fully saturated rings. The van der Waals surface area contributed by atoms with Crippen LogP contribution in [-0.4, -0.2) is 46.7 Å². The quantitative estimate of drug-likeness (QED) is 0.714. The van der Waals surface area contributed by atoms with Crippen molar-refractivity contribution in [3.05, 3.63) is 28.8 Å². The summed E-state index contributed by atoms with van der Waals surface area (Å²) in [4.78, 5) is 42.0. The normalized spacial score (nSPS) is 33.7. The highest BCUT2D eigenvalue weighted by atomic mass is 35.5. The van der Waals surface area contributed by atoms with Crippen LogP contribution in [0.5, 0.6) is 0 Å². The van der Waals surface area contributed by atoms with Gasteiger partial charge in [0.05, 0.1) is 22.5 Å². The van der Waals surface area contributed by atoms with E-state index in [2.05, 4.69) is 10.6 Å². The molecule has 1 saturated carbocycles. The third-order valence-electron chi connectivity index (χ3n) is 7.06. The number of para-hydroxylation sites is 1. The molecule has 3 aliphatic heterocycles. The van der Waals surface area contributed by atoms with E-state index in [1.54, 1.807) is 23.9 Å². The highest BCUT2D eigenvalue weighted by Crippen LogP contribution is 2.55. The fourth-order valence-corrected chi connectivity index (χ4v) is 6.54. The number of imide groups is 1. The van der Waals surface area contributed by atoms with Crippen molar-refractivity contribution in [2.75, 3.05) is 17.3 Å². The number of rotatable bonds is 4. The van der Waals surface area contributed by atoms with Crippen molar-refractivity contribution >= 4 is 46.8 Å². The van der Waals surface area contributed by atoms with Crippen LogP contribution in [0.2, 0.25) is 5.02 Å². The summed E-state index contributed by atoms with van der Waals surface area (Å²) >= 11 is 8.05. The molecule has 6 nitrogen and oxygen atoms in total. The molecular formula is C21H24ClN3O3S. The molecule has 0 bridgehead atoms. The molecule has 1 aliphatic carbocycles. The lowest BCUT2D eigenvalue weighted by atomic mass is 9.76. The smallest absolute Gasteiger partial charge is 0.250 e. The Morgan fingerprint density at radius 2 is 1.97 bits per heavy atom. The molecule has 154 valence electrons. The molecule has 0 radical (unpaired) electrons. The minimum atomic E-state index is -1.23. The molecule has 2 unspecified atom stereocenters. The van der Waals surface area contributed by atoms with Gasteiger partial charge >= 0.3 is 0 Å². The van der Waals surface area contributed by atoms with Gasteiger partial charge in [-0.05, 0) is 37.3 Å². The molecule has 8 heteroatoms. The maximum atomic E-state index is 13.7. The number of hydrogen-bond donors (Lipinski definition) is 2. The van der Waals surface area contributed by atoms with Crippen LogP contribution < -0.4 is 10.6 Å². The van der Waals surface area contributed by atoms with Gasteiger partial charge in [-0.1, -0.05) is 36.6 Å². The van der Waals surface area contributed by atoms with E-state index in [-0.39, 0.29) is 29.8 Å². The summed E-state index contributed by atoms with van der Waals surface area (Å²) in [7, 11) is 0. The standard InChI is InChI=1S/C21H24ClN3O3S/c1-29-10-9-14-15-16(19(27)25(18(15)26)11-5-2-3-6-11)21(24-14)12-7-4-8-13(22)17(12)23-20(21)28/h4,7-8,11,14-16,24H,2-3,5-6,9-10H2,1H3,(H,23,28)/t14?,15-,16+,21?/m0/s1. The van der Waals surface area contributed by atoms with Crippen molar-refractivity contribution in [2.24, 2.45) is 11.8 Å². The first kappa shape index (κ1) is 19.4. The number of halogens is 1. The summed E-state index contributed by atoms with van der Waals surface area (Å²) in [5.41, 5.74) is 0.00946. The number of hydrogen-bond acceptors (Lipinski definition) is 5. The molecule has 29 heavy (non-hydrogen) atoms. The molecule has 2 N–H and O–H groups in total. The lowest BCUT2D eigenvalue weighted by Gasteiger charge is -2.31. The van der Waals surface area contributed by atoms with E-state index < -0.39 is 17.4 Å². The van der Waals surface area contributed by atoms with Gasteiger partial charge in [-0.15, -0.1) is 0 Å². The van der Waals surface area contributed by atoms with Gasteiger partial charge in [-0.3, -0.25) is 24.6 Å². The van der Waals surface area contributed by atoms with Gasteiger partial charge in [0.1, 0.15) is 5.54 Å². The van der Waals surface area contributed by atoms with Crippen LogP contribution in [0.15, 0.2) is 18.2 Å². The largest absolute Gasteiger partial charge is 0.323 e. The Bertz CT molecular complexity index is 903. The van der Waals surface area contributed by atoms with Gasteiger partial charge in [0.15, 0.2) is 0 Å². The summed E-state index contributed by atoms with van der Waals surface area (Å²) in [6.45, 7) is 0. The maximum absolute atomic E-state index is 13.7. The highest BCUT2D eigenvalue weighted by molar-refractivity contribution is 7.98. The summed E-state index contributed by atoms with van der Waals surface area (Å²) < 4.78 is 0. The molecule has 3 heterocycles. The maximum Gasteiger partial charge on any atom is 0.250 e. The van der Waals surface area contributed by atoms with E-state index >= 15 is 0 Å². The van der Waals surface area contributed by atoms with Gasteiger partial charge in [-0.25, -0.2) is 0 Å². The Hall–Kier alpha value is -1.57. The number of carbonyl (C=O) groups is 3. The van der Waals surface area contributed by atoms with Gasteiger partial charge in [0, 0.05) is 17.6 Å². The fraction of sp³-hybridized carbons (Fsp3) is 0.571. The van der Waals surface area contributed by atoms with Crippen LogP contribution in [0.25, 0.3) is 0 Å². The lowest BCUT2D eigenvalue weighted by molar-refractivity contribution is -0.145. The van der Waals surface area contributed by atoms with Crippen molar-refractivity contribution in [1.82, 2.24) is 10.2 Å². The van der Waals surface area contributed by atoms with Crippen LogP contribution >= 0.6 is 23.4 Å². The average molecular weight is 434 g/mol. The molecule has 4 atom stereocenters. The van der Waals surface area contributed by atoms with Crippen LogP contribution in [0.3, 0.4) is 0 Å². The third kappa shape index (κ3) is 2.56. The molecule has 3 amide bonds. The Morgan fingerprint density at radius 3 is 2.69 bits per heavy atom. The number of thioether (sulfide) groups is 1. The first-order valence-electron chi connectivity index (χ1n) is 10.2. The first-order valence-corrected chi connectivity index (χ1v) is 12.0. The van der Waals surface area contributed by atoms with E-state index in [0.29, 0.717) is 16.3 Å². The van der Waals surface area contributed by atoms with E-state index in [4.69, 9.17) is 11.6 Å². The van der Waals surface area contributed by atoms with Crippen molar-refractivity contribution < 1.29 is 14.4 Å². The van der Waals surface area contributed by atoms with Crippen molar-refractivity contribution in [3.63, 3.8) is 0 Å². The third-order valence-corrected chi connectivity index (χ3v) is 8.02. The number of anilines is 1. The van der Waals surface area contributed by atoms with E-state index in [9.17, 15) is 14.4 Å². The van der Waals surface area contributed by atoms with Crippen LogP contribution in [0.4, 0.5) is 5.69 Å². The predicted molar refractivity (Wildman–Crippen MR) is 113 cm³/mol. The second-order valence-corrected chi connectivity index (χ2v) is 9.84. The number of fused-ring (bicyclic) bond motifs is 4. The number of amides is 3. The molecular weight excluding hydrogens is 410 g/mol. The number of nitrogens with zero attached hydrogens (tertiary/aromatic N) is 1. The van der Waals surface area contributed by atoms with E-state index in [1.165, 1.54) is 4.90 Å². The highest BCUT2D eigenvalue weighted by Gasteiger charge is 2.70. The zero-order chi connectivity index (χ0) is 20.3. The van der Waals surface area contributed by atoms with Crippen molar-refractivity contribution in [2.45, 2.75) is 49.7 Å². The van der Waals surface area contributed by atoms with Crippen molar-refractivity contribution in [1.29, 1.82) is 0 Å². The van der Waals surface area contributed by atoms with Gasteiger partial charge in [0.2, 0.25) is 17.7 Å². The zero-order valence-electron chi connectivity index (χ0n) is 16.2.